The molecule has 116 valence electrons. The standard InChI is InChI=1S/C16H23NO3S/c1-18-14-10-12(17)2-3-15(14)21-13-4-7-20-16(11-13)5-8-19-9-6-16/h2-3,10,13H,4-9,11,17H2,1H3. The van der Waals surface area contributed by atoms with Gasteiger partial charge in [-0.15, -0.1) is 11.8 Å². The van der Waals surface area contributed by atoms with Gasteiger partial charge in [-0.25, -0.2) is 0 Å². The van der Waals surface area contributed by atoms with Gasteiger partial charge in [-0.3, -0.25) is 0 Å². The summed E-state index contributed by atoms with van der Waals surface area (Å²) >= 11 is 1.89. The van der Waals surface area contributed by atoms with Gasteiger partial charge < -0.3 is 19.9 Å². The Hall–Kier alpha value is -0.910. The first kappa shape index (κ1) is 15.0. The largest absolute Gasteiger partial charge is 0.496 e. The minimum atomic E-state index is 0.0369. The monoisotopic (exact) mass is 309 g/mol. The number of anilines is 1. The molecule has 2 aliphatic rings. The molecule has 21 heavy (non-hydrogen) atoms. The fourth-order valence-electron chi connectivity index (χ4n) is 3.14. The molecule has 0 amide bonds. The van der Waals surface area contributed by atoms with Crippen molar-refractivity contribution in [1.29, 1.82) is 0 Å². The predicted molar refractivity (Wildman–Crippen MR) is 85.0 cm³/mol. The molecule has 2 aliphatic heterocycles. The van der Waals surface area contributed by atoms with Crippen LogP contribution in [0.15, 0.2) is 23.1 Å². The Bertz CT molecular complexity index is 483. The van der Waals surface area contributed by atoms with Crippen molar-refractivity contribution in [2.75, 3.05) is 32.7 Å². The minimum absolute atomic E-state index is 0.0369. The average molecular weight is 309 g/mol. The lowest BCUT2D eigenvalue weighted by Gasteiger charge is -2.43. The van der Waals surface area contributed by atoms with Crippen LogP contribution in [0.3, 0.4) is 0 Å². The highest BCUT2D eigenvalue weighted by atomic mass is 32.2. The molecule has 3 rings (SSSR count). The molecule has 0 saturated carbocycles. The molecule has 0 aliphatic carbocycles. The SMILES string of the molecule is COc1cc(N)ccc1SC1CCOC2(CCOCC2)C1. The number of methoxy groups -OCH3 is 1. The van der Waals surface area contributed by atoms with Crippen LogP contribution in [0.25, 0.3) is 0 Å². The summed E-state index contributed by atoms with van der Waals surface area (Å²) in [6.07, 6.45) is 4.21. The summed E-state index contributed by atoms with van der Waals surface area (Å²) < 4.78 is 17.0. The van der Waals surface area contributed by atoms with Crippen LogP contribution < -0.4 is 10.5 Å². The van der Waals surface area contributed by atoms with E-state index in [2.05, 4.69) is 6.07 Å². The van der Waals surface area contributed by atoms with Gasteiger partial charge in [-0.05, 0) is 37.8 Å². The molecular weight excluding hydrogens is 286 g/mol. The van der Waals surface area contributed by atoms with Crippen molar-refractivity contribution in [3.8, 4) is 5.75 Å². The van der Waals surface area contributed by atoms with E-state index >= 15 is 0 Å². The van der Waals surface area contributed by atoms with Crippen LogP contribution in [0.1, 0.15) is 25.7 Å². The summed E-state index contributed by atoms with van der Waals surface area (Å²) in [6.45, 7) is 2.49. The van der Waals surface area contributed by atoms with Crippen LogP contribution >= 0.6 is 11.8 Å². The van der Waals surface area contributed by atoms with Crippen LogP contribution in [0.2, 0.25) is 0 Å². The van der Waals surface area contributed by atoms with Crippen molar-refractivity contribution in [2.45, 2.75) is 41.4 Å². The van der Waals surface area contributed by atoms with E-state index in [0.29, 0.717) is 5.25 Å². The molecular formula is C16H23NO3S. The van der Waals surface area contributed by atoms with Crippen LogP contribution in [-0.4, -0.2) is 37.8 Å². The number of thioether (sulfide) groups is 1. The molecule has 0 aromatic heterocycles. The Morgan fingerprint density at radius 1 is 1.29 bits per heavy atom. The molecule has 2 fully saturated rings. The summed E-state index contributed by atoms with van der Waals surface area (Å²) in [7, 11) is 1.70. The maximum atomic E-state index is 6.11. The van der Waals surface area contributed by atoms with Crippen molar-refractivity contribution >= 4 is 17.4 Å². The second kappa shape index (κ2) is 6.46. The van der Waals surface area contributed by atoms with Gasteiger partial charge in [0.1, 0.15) is 5.75 Å². The van der Waals surface area contributed by atoms with E-state index in [4.69, 9.17) is 19.9 Å². The zero-order valence-electron chi connectivity index (χ0n) is 12.5. The number of ether oxygens (including phenoxy) is 3. The fraction of sp³-hybridized carbons (Fsp3) is 0.625. The Labute approximate surface area is 130 Å². The molecule has 2 N–H and O–H groups in total. The maximum Gasteiger partial charge on any atom is 0.134 e. The third-order valence-corrected chi connectivity index (χ3v) is 5.66. The lowest BCUT2D eigenvalue weighted by Crippen LogP contribution is -2.45. The van der Waals surface area contributed by atoms with Crippen molar-refractivity contribution in [2.24, 2.45) is 0 Å². The fourth-order valence-corrected chi connectivity index (χ4v) is 4.50. The summed E-state index contributed by atoms with van der Waals surface area (Å²) in [4.78, 5) is 1.17. The summed E-state index contributed by atoms with van der Waals surface area (Å²) in [6, 6.07) is 5.89. The molecule has 4 nitrogen and oxygen atoms in total. The van der Waals surface area contributed by atoms with Crippen molar-refractivity contribution in [3.63, 3.8) is 0 Å². The number of nitrogens with two attached hydrogens (primary N) is 1. The highest BCUT2D eigenvalue weighted by Crippen LogP contribution is 2.43. The molecule has 2 heterocycles. The summed E-state index contributed by atoms with van der Waals surface area (Å²) in [5.41, 5.74) is 6.60. The number of nitrogen functional groups attached to an aromatic ring is 1. The summed E-state index contributed by atoms with van der Waals surface area (Å²) in [5.74, 6) is 0.868. The lowest BCUT2D eigenvalue weighted by atomic mass is 9.86. The van der Waals surface area contributed by atoms with Crippen LogP contribution in [0, 0.1) is 0 Å². The second-order valence-electron chi connectivity index (χ2n) is 5.79. The summed E-state index contributed by atoms with van der Waals surface area (Å²) in [5, 5.41) is 0.564. The molecule has 1 aromatic carbocycles. The van der Waals surface area contributed by atoms with E-state index < -0.39 is 0 Å². The van der Waals surface area contributed by atoms with Gasteiger partial charge in [0.15, 0.2) is 0 Å². The third-order valence-electron chi connectivity index (χ3n) is 4.33. The van der Waals surface area contributed by atoms with Gasteiger partial charge in [0.05, 0.1) is 12.7 Å². The molecule has 1 aromatic rings. The topological polar surface area (TPSA) is 53.7 Å². The van der Waals surface area contributed by atoms with Crippen LogP contribution in [0.4, 0.5) is 5.69 Å². The van der Waals surface area contributed by atoms with E-state index in [1.54, 1.807) is 7.11 Å². The van der Waals surface area contributed by atoms with E-state index in [-0.39, 0.29) is 5.60 Å². The maximum absolute atomic E-state index is 6.11. The zero-order valence-corrected chi connectivity index (χ0v) is 13.3. The van der Waals surface area contributed by atoms with Gasteiger partial charge >= 0.3 is 0 Å². The van der Waals surface area contributed by atoms with Crippen LogP contribution in [0.5, 0.6) is 5.75 Å². The van der Waals surface area contributed by atoms with Gasteiger partial charge in [0.25, 0.3) is 0 Å². The van der Waals surface area contributed by atoms with E-state index in [9.17, 15) is 0 Å². The Balaban J connectivity index is 1.70. The third kappa shape index (κ3) is 3.47. The zero-order chi connectivity index (χ0) is 14.7. The first-order valence-electron chi connectivity index (χ1n) is 7.53. The molecule has 0 bridgehead atoms. The van der Waals surface area contributed by atoms with Gasteiger partial charge in [-0.2, -0.15) is 0 Å². The normalized spacial score (nSPS) is 24.9. The minimum Gasteiger partial charge on any atom is -0.496 e. The van der Waals surface area contributed by atoms with Gasteiger partial charge in [-0.1, -0.05) is 0 Å². The Morgan fingerprint density at radius 3 is 2.86 bits per heavy atom. The number of benzene rings is 1. The number of rotatable bonds is 3. The molecule has 2 saturated heterocycles. The van der Waals surface area contributed by atoms with Crippen molar-refractivity contribution in [1.82, 2.24) is 0 Å². The number of hydrogen-bond acceptors (Lipinski definition) is 5. The van der Waals surface area contributed by atoms with E-state index in [0.717, 1.165) is 56.9 Å². The van der Waals surface area contributed by atoms with Gasteiger partial charge in [0.2, 0.25) is 0 Å². The van der Waals surface area contributed by atoms with Crippen molar-refractivity contribution < 1.29 is 14.2 Å². The second-order valence-corrected chi connectivity index (χ2v) is 7.13. The molecule has 5 heteroatoms. The van der Waals surface area contributed by atoms with Crippen molar-refractivity contribution in [3.05, 3.63) is 18.2 Å². The lowest BCUT2D eigenvalue weighted by molar-refractivity contribution is -0.131. The van der Waals surface area contributed by atoms with Crippen LogP contribution in [-0.2, 0) is 9.47 Å². The molecule has 1 unspecified atom stereocenters. The average Bonchev–Trinajstić information content (AvgIpc) is 2.50. The predicted octanol–water partition coefficient (Wildman–Crippen LogP) is 3.10. The highest BCUT2D eigenvalue weighted by Gasteiger charge is 2.39. The van der Waals surface area contributed by atoms with E-state index in [1.807, 2.05) is 23.9 Å². The smallest absolute Gasteiger partial charge is 0.134 e. The highest BCUT2D eigenvalue weighted by molar-refractivity contribution is 8.00. The Kier molecular flexibility index (Phi) is 4.62. The molecule has 1 spiro atoms. The first-order valence-corrected chi connectivity index (χ1v) is 8.41. The van der Waals surface area contributed by atoms with E-state index in [1.165, 1.54) is 4.90 Å². The quantitative estimate of drug-likeness (QED) is 0.870. The molecule has 0 radical (unpaired) electrons. The first-order chi connectivity index (χ1) is 10.2. The molecule has 1 atom stereocenters. The number of hydrogen-bond donors (Lipinski definition) is 1. The van der Waals surface area contributed by atoms with Gasteiger partial charge in [0, 0.05) is 41.7 Å². The Morgan fingerprint density at radius 2 is 2.10 bits per heavy atom.